The van der Waals surface area contributed by atoms with Crippen molar-refractivity contribution in [1.29, 1.82) is 0 Å². The molecular weight excluding hydrogens is 164 g/mol. The van der Waals surface area contributed by atoms with Crippen molar-refractivity contribution in [3.05, 3.63) is 17.5 Å². The molecule has 0 aliphatic heterocycles. The summed E-state index contributed by atoms with van der Waals surface area (Å²) in [5.41, 5.74) is 7.67. The number of hydrogen-bond acceptors (Lipinski definition) is 3. The number of aryl methyl sites for hydroxylation is 1. The van der Waals surface area contributed by atoms with Crippen LogP contribution in [0.15, 0.2) is 11.8 Å². The highest BCUT2D eigenvalue weighted by atomic mass is 15.4. The summed E-state index contributed by atoms with van der Waals surface area (Å²) in [6.07, 6.45) is 3.73. The first-order valence-corrected chi connectivity index (χ1v) is 4.40. The third-order valence-corrected chi connectivity index (χ3v) is 1.93. The molecule has 1 aromatic rings. The molecule has 0 fully saturated rings. The zero-order chi connectivity index (χ0) is 9.84. The molecule has 0 spiro atoms. The maximum absolute atomic E-state index is 5.61. The van der Waals surface area contributed by atoms with E-state index in [1.807, 2.05) is 6.08 Å². The summed E-state index contributed by atoms with van der Waals surface area (Å²) in [5, 5.41) is 8.14. The van der Waals surface area contributed by atoms with Crippen LogP contribution in [0.2, 0.25) is 0 Å². The molecule has 0 radical (unpaired) electrons. The maximum Gasteiger partial charge on any atom is 0.105 e. The first-order chi connectivity index (χ1) is 6.13. The molecule has 1 rings (SSSR count). The van der Waals surface area contributed by atoms with Gasteiger partial charge in [0.25, 0.3) is 0 Å². The molecule has 0 aliphatic rings. The molecular formula is C9H16N4. The van der Waals surface area contributed by atoms with Gasteiger partial charge < -0.3 is 5.73 Å². The lowest BCUT2D eigenvalue weighted by atomic mass is 10.0. The van der Waals surface area contributed by atoms with Gasteiger partial charge in [-0.3, -0.25) is 0 Å². The lowest BCUT2D eigenvalue weighted by Crippen LogP contribution is -2.08. The van der Waals surface area contributed by atoms with Crippen molar-refractivity contribution in [2.24, 2.45) is 18.7 Å². The van der Waals surface area contributed by atoms with E-state index in [9.17, 15) is 0 Å². The molecule has 2 N–H and O–H groups in total. The van der Waals surface area contributed by atoms with Crippen molar-refractivity contribution in [3.63, 3.8) is 0 Å². The minimum atomic E-state index is 0.465. The Morgan fingerprint density at radius 2 is 2.38 bits per heavy atom. The molecule has 4 heteroatoms. The number of aromatic nitrogens is 3. The Morgan fingerprint density at radius 3 is 2.77 bits per heavy atom. The largest absolute Gasteiger partial charge is 0.327 e. The highest BCUT2D eigenvalue weighted by molar-refractivity contribution is 5.48. The molecule has 0 saturated carbocycles. The highest BCUT2D eigenvalue weighted by Gasteiger charge is 2.02. The standard InChI is InChI=1S/C9H16N4/c1-7(2)8(5-10)4-9-6-11-13(3)12-9/h4,6-7H,5,10H2,1-3H3/b8-4+. The average molecular weight is 180 g/mol. The van der Waals surface area contributed by atoms with Crippen LogP contribution in [0.25, 0.3) is 6.08 Å². The second kappa shape index (κ2) is 4.18. The van der Waals surface area contributed by atoms with Crippen molar-refractivity contribution in [2.75, 3.05) is 6.54 Å². The molecule has 0 amide bonds. The van der Waals surface area contributed by atoms with E-state index < -0.39 is 0 Å². The Kier molecular flexibility index (Phi) is 3.19. The monoisotopic (exact) mass is 180 g/mol. The van der Waals surface area contributed by atoms with E-state index in [0.717, 1.165) is 5.69 Å². The minimum Gasteiger partial charge on any atom is -0.327 e. The highest BCUT2D eigenvalue weighted by Crippen LogP contribution is 2.11. The van der Waals surface area contributed by atoms with Gasteiger partial charge in [0.15, 0.2) is 0 Å². The van der Waals surface area contributed by atoms with Crippen LogP contribution in [0, 0.1) is 5.92 Å². The summed E-state index contributed by atoms with van der Waals surface area (Å²) in [6, 6.07) is 0. The summed E-state index contributed by atoms with van der Waals surface area (Å²) >= 11 is 0. The van der Waals surface area contributed by atoms with Gasteiger partial charge in [-0.2, -0.15) is 15.0 Å². The normalized spacial score (nSPS) is 12.5. The topological polar surface area (TPSA) is 56.7 Å². The molecule has 72 valence electrons. The van der Waals surface area contributed by atoms with E-state index in [-0.39, 0.29) is 0 Å². The predicted octanol–water partition coefficient (Wildman–Crippen LogP) is 0.813. The molecule has 1 aromatic heterocycles. The van der Waals surface area contributed by atoms with Crippen molar-refractivity contribution >= 4 is 6.08 Å². The van der Waals surface area contributed by atoms with Gasteiger partial charge in [0.1, 0.15) is 5.69 Å². The number of rotatable bonds is 3. The van der Waals surface area contributed by atoms with E-state index in [1.165, 1.54) is 5.57 Å². The van der Waals surface area contributed by atoms with Gasteiger partial charge in [0.2, 0.25) is 0 Å². The van der Waals surface area contributed by atoms with Gasteiger partial charge >= 0.3 is 0 Å². The molecule has 0 unspecified atom stereocenters. The van der Waals surface area contributed by atoms with Crippen molar-refractivity contribution in [2.45, 2.75) is 13.8 Å². The average Bonchev–Trinajstić information content (AvgIpc) is 2.46. The lowest BCUT2D eigenvalue weighted by molar-refractivity contribution is 0.652. The van der Waals surface area contributed by atoms with Crippen molar-refractivity contribution in [3.8, 4) is 0 Å². The van der Waals surface area contributed by atoms with Gasteiger partial charge in [-0.1, -0.05) is 19.4 Å². The predicted molar refractivity (Wildman–Crippen MR) is 52.9 cm³/mol. The van der Waals surface area contributed by atoms with Gasteiger partial charge in [0.05, 0.1) is 6.20 Å². The van der Waals surface area contributed by atoms with Crippen molar-refractivity contribution < 1.29 is 0 Å². The van der Waals surface area contributed by atoms with Crippen LogP contribution in [0.4, 0.5) is 0 Å². The summed E-state index contributed by atoms with van der Waals surface area (Å²) < 4.78 is 0. The van der Waals surface area contributed by atoms with Crippen LogP contribution >= 0.6 is 0 Å². The molecule has 1 heterocycles. The minimum absolute atomic E-state index is 0.465. The van der Waals surface area contributed by atoms with Crippen molar-refractivity contribution in [1.82, 2.24) is 15.0 Å². The first kappa shape index (κ1) is 9.92. The van der Waals surface area contributed by atoms with Crippen LogP contribution < -0.4 is 5.73 Å². The Hall–Kier alpha value is -1.16. The molecule has 4 nitrogen and oxygen atoms in total. The van der Waals surface area contributed by atoms with E-state index in [4.69, 9.17) is 5.73 Å². The number of nitrogens with two attached hydrogens (primary N) is 1. The van der Waals surface area contributed by atoms with E-state index in [2.05, 4.69) is 24.0 Å². The molecule has 0 saturated heterocycles. The molecule has 0 aromatic carbocycles. The number of nitrogens with zero attached hydrogens (tertiary/aromatic N) is 3. The van der Waals surface area contributed by atoms with Gasteiger partial charge in [-0.15, -0.1) is 0 Å². The van der Waals surface area contributed by atoms with Crippen LogP contribution in [-0.2, 0) is 7.05 Å². The quantitative estimate of drug-likeness (QED) is 0.749. The van der Waals surface area contributed by atoms with Crippen LogP contribution in [0.1, 0.15) is 19.5 Å². The zero-order valence-electron chi connectivity index (χ0n) is 8.36. The number of hydrogen-bond donors (Lipinski definition) is 1. The molecule has 13 heavy (non-hydrogen) atoms. The zero-order valence-corrected chi connectivity index (χ0v) is 8.36. The Balaban J connectivity index is 2.84. The molecule has 0 aliphatic carbocycles. The van der Waals surface area contributed by atoms with Gasteiger partial charge in [-0.05, 0) is 12.0 Å². The fraction of sp³-hybridized carbons (Fsp3) is 0.556. The smallest absolute Gasteiger partial charge is 0.105 e. The summed E-state index contributed by atoms with van der Waals surface area (Å²) in [5.74, 6) is 0.465. The second-order valence-corrected chi connectivity index (χ2v) is 3.34. The fourth-order valence-corrected chi connectivity index (χ4v) is 1.08. The van der Waals surface area contributed by atoms with Crippen LogP contribution in [0.3, 0.4) is 0 Å². The summed E-state index contributed by atoms with van der Waals surface area (Å²) in [6.45, 7) is 4.82. The SMILES string of the molecule is CC(C)/C(=C/c1cnn(C)n1)CN. The van der Waals surface area contributed by atoms with Crippen LogP contribution in [-0.4, -0.2) is 21.5 Å². The molecule has 0 atom stereocenters. The third-order valence-electron chi connectivity index (χ3n) is 1.93. The summed E-state index contributed by atoms with van der Waals surface area (Å²) in [4.78, 5) is 1.54. The van der Waals surface area contributed by atoms with Gasteiger partial charge in [-0.25, -0.2) is 0 Å². The fourth-order valence-electron chi connectivity index (χ4n) is 1.08. The van der Waals surface area contributed by atoms with E-state index in [1.54, 1.807) is 18.0 Å². The van der Waals surface area contributed by atoms with E-state index >= 15 is 0 Å². The van der Waals surface area contributed by atoms with Gasteiger partial charge in [0, 0.05) is 13.6 Å². The second-order valence-electron chi connectivity index (χ2n) is 3.34. The van der Waals surface area contributed by atoms with Crippen LogP contribution in [0.5, 0.6) is 0 Å². The Morgan fingerprint density at radius 1 is 1.69 bits per heavy atom. The molecule has 0 bridgehead atoms. The lowest BCUT2D eigenvalue weighted by Gasteiger charge is -2.06. The summed E-state index contributed by atoms with van der Waals surface area (Å²) in [7, 11) is 1.80. The Labute approximate surface area is 78.4 Å². The third kappa shape index (κ3) is 2.66. The maximum atomic E-state index is 5.61. The Bertz CT molecular complexity index is 298. The van der Waals surface area contributed by atoms with E-state index in [0.29, 0.717) is 12.5 Å². The first-order valence-electron chi connectivity index (χ1n) is 4.40.